The van der Waals surface area contributed by atoms with Crippen molar-refractivity contribution in [2.24, 2.45) is 0 Å². The summed E-state index contributed by atoms with van der Waals surface area (Å²) in [6, 6.07) is 37.6. The van der Waals surface area contributed by atoms with Crippen LogP contribution in [0, 0.1) is 0 Å². The summed E-state index contributed by atoms with van der Waals surface area (Å²) < 4.78 is 0. The Hall–Kier alpha value is -1.56. The number of rotatable bonds is 6. The Morgan fingerprint density at radius 3 is 1.39 bits per heavy atom. The molecule has 4 rings (SSSR count). The van der Waals surface area contributed by atoms with Gasteiger partial charge in [-0.2, -0.15) is 53.6 Å². The summed E-state index contributed by atoms with van der Waals surface area (Å²) in [6.45, 7) is 2.26. The Balaban J connectivity index is 0.000000500. The molecule has 158 valence electrons. The second-order valence-electron chi connectivity index (χ2n) is 6.41. The third-order valence-electron chi connectivity index (χ3n) is 4.39. The summed E-state index contributed by atoms with van der Waals surface area (Å²) in [5, 5.41) is 0. The first-order valence-corrected chi connectivity index (χ1v) is 9.68. The van der Waals surface area contributed by atoms with E-state index in [4.69, 9.17) is 0 Å². The summed E-state index contributed by atoms with van der Waals surface area (Å²) in [5.41, 5.74) is 2.95. The van der Waals surface area contributed by atoms with Gasteiger partial charge in [0.05, 0.1) is 0 Å². The van der Waals surface area contributed by atoms with Gasteiger partial charge in [0.1, 0.15) is 0 Å². The summed E-state index contributed by atoms with van der Waals surface area (Å²) >= 11 is 0. The van der Waals surface area contributed by atoms with Crippen molar-refractivity contribution >= 4 is 0 Å². The largest absolute Gasteiger partial charge is 0.748 e. The molecule has 2 heteroatoms. The maximum absolute atomic E-state index is 2.26. The monoisotopic (exact) mass is 454 g/mol. The van der Waals surface area contributed by atoms with Crippen LogP contribution in [0.4, 0.5) is 0 Å². The van der Waals surface area contributed by atoms with Gasteiger partial charge in [-0.1, -0.05) is 38.5 Å². The molecule has 0 amide bonds. The van der Waals surface area contributed by atoms with Gasteiger partial charge in [-0.25, -0.2) is 36.4 Å². The molecular weight excluding hydrogens is 424 g/mol. The van der Waals surface area contributed by atoms with E-state index in [0.29, 0.717) is 5.92 Å². The second-order valence-corrected chi connectivity index (χ2v) is 6.41. The van der Waals surface area contributed by atoms with Crippen LogP contribution < -0.4 is 0 Å². The zero-order valence-corrected chi connectivity index (χ0v) is 18.7. The third kappa shape index (κ3) is 10.7. The molecule has 0 N–H and O–H groups in total. The van der Waals surface area contributed by atoms with Crippen molar-refractivity contribution in [3.8, 4) is 0 Å². The Bertz CT molecular complexity index is 607. The third-order valence-corrected chi connectivity index (χ3v) is 4.39. The minimum Gasteiger partial charge on any atom is -0.748 e. The van der Waals surface area contributed by atoms with Crippen LogP contribution in [0.1, 0.15) is 49.7 Å². The summed E-state index contributed by atoms with van der Waals surface area (Å²) in [5.74, 6) is 0.608. The smallest absolute Gasteiger partial charge is 0 e. The molecule has 0 saturated heterocycles. The predicted molar refractivity (Wildman–Crippen MR) is 114 cm³/mol. The average Bonchev–Trinajstić information content (AvgIpc) is 3.50. The molecule has 0 heterocycles. The molecule has 0 fully saturated rings. The van der Waals surface area contributed by atoms with Crippen LogP contribution in [0.3, 0.4) is 0 Å². The molecule has 0 saturated carbocycles. The fourth-order valence-electron chi connectivity index (χ4n) is 3.01. The zero-order chi connectivity index (χ0) is 18.3. The summed E-state index contributed by atoms with van der Waals surface area (Å²) in [6.07, 6.45) is 5.26. The van der Waals surface area contributed by atoms with E-state index >= 15 is 0 Å². The van der Waals surface area contributed by atoms with E-state index in [9.17, 15) is 0 Å². The van der Waals surface area contributed by atoms with E-state index in [1.54, 1.807) is 0 Å². The Labute approximate surface area is 192 Å². The molecule has 0 nitrogen and oxygen atoms in total. The van der Waals surface area contributed by atoms with Crippen molar-refractivity contribution in [3.63, 3.8) is 0 Å². The Morgan fingerprint density at radius 1 is 0.643 bits per heavy atom. The first-order chi connectivity index (χ1) is 12.9. The molecule has 0 atom stereocenters. The van der Waals surface area contributed by atoms with Crippen LogP contribution in [-0.2, 0) is 34.1 Å². The van der Waals surface area contributed by atoms with Gasteiger partial charge in [-0.05, 0) is 0 Å². The minimum atomic E-state index is 0. The molecule has 0 unspecified atom stereocenters. The van der Waals surface area contributed by atoms with Gasteiger partial charge in [0, 0.05) is 34.1 Å². The molecular formula is C26H30Fe2-8. The summed E-state index contributed by atoms with van der Waals surface area (Å²) in [7, 11) is 0. The molecule has 0 spiro atoms. The Kier molecular flexibility index (Phi) is 16.6. The van der Waals surface area contributed by atoms with Crippen molar-refractivity contribution in [3.05, 3.63) is 120 Å². The molecule has 28 heavy (non-hydrogen) atoms. The van der Waals surface area contributed by atoms with Gasteiger partial charge in [-0.3, -0.25) is 0 Å². The van der Waals surface area contributed by atoms with E-state index in [2.05, 4.69) is 55.5 Å². The van der Waals surface area contributed by atoms with Crippen LogP contribution in [0.15, 0.2) is 109 Å². The van der Waals surface area contributed by atoms with Gasteiger partial charge >= 0.3 is 0 Å². The van der Waals surface area contributed by atoms with Crippen LogP contribution >= 0.6 is 0 Å². The molecule has 0 radical (unpaired) electrons. The van der Waals surface area contributed by atoms with Gasteiger partial charge in [0.15, 0.2) is 0 Å². The molecule has 0 aliphatic carbocycles. The van der Waals surface area contributed by atoms with E-state index in [1.807, 2.05) is 60.7 Å². The number of hydrogen-bond donors (Lipinski definition) is 0. The number of unbranched alkanes of at least 4 members (excludes halogenated alkanes) is 2. The first-order valence-electron chi connectivity index (χ1n) is 9.68. The van der Waals surface area contributed by atoms with Crippen LogP contribution in [0.25, 0.3) is 0 Å². The molecule has 0 aliphatic heterocycles. The standard InChI is InChI=1S/C16H20.2C5H5.2Fe/c1-2-3-4-13-16(14-9-5-6-10-14)15-11-7-8-12-15;2*1-2-4-5-3-1;;/h5-12,16H,2-4,13H2,1H3;2*1-5H;;/q-2;-5;-1;;. The average molecular weight is 454 g/mol. The van der Waals surface area contributed by atoms with Gasteiger partial charge < -0.3 is 30.3 Å². The van der Waals surface area contributed by atoms with E-state index in [0.717, 1.165) is 0 Å². The summed E-state index contributed by atoms with van der Waals surface area (Å²) in [4.78, 5) is 0. The van der Waals surface area contributed by atoms with Crippen molar-refractivity contribution in [1.82, 2.24) is 0 Å². The molecule has 0 aromatic heterocycles. The van der Waals surface area contributed by atoms with Crippen molar-refractivity contribution in [2.45, 2.75) is 38.5 Å². The molecule has 0 aliphatic rings. The SMILES string of the molecule is CCCCCC([c-]1cccc1)[c-]1cccc1.[Fe].[Fe].[cH-]1[cH-][cH-][cH-][cH-]1.c1cc[cH-]c1. The predicted octanol–water partition coefficient (Wildman–Crippen LogP) is 7.64. The van der Waals surface area contributed by atoms with Gasteiger partial charge in [0.2, 0.25) is 0 Å². The molecule has 4 aromatic carbocycles. The van der Waals surface area contributed by atoms with Gasteiger partial charge in [0.25, 0.3) is 0 Å². The maximum atomic E-state index is 2.26. The zero-order valence-electron chi connectivity index (χ0n) is 16.5. The van der Waals surface area contributed by atoms with E-state index < -0.39 is 0 Å². The normalized spacial score (nSPS) is 9.21. The fraction of sp³-hybridized carbons (Fsp3) is 0.231. The quantitative estimate of drug-likeness (QED) is 0.160. The van der Waals surface area contributed by atoms with Gasteiger partial charge in [-0.15, -0.1) is 0 Å². The van der Waals surface area contributed by atoms with Crippen LogP contribution in [0.5, 0.6) is 0 Å². The van der Waals surface area contributed by atoms with Crippen molar-refractivity contribution in [1.29, 1.82) is 0 Å². The van der Waals surface area contributed by atoms with Crippen LogP contribution in [-0.4, -0.2) is 0 Å². The molecule has 0 bridgehead atoms. The maximum Gasteiger partial charge on any atom is 0 e. The second kappa shape index (κ2) is 17.5. The van der Waals surface area contributed by atoms with E-state index in [1.165, 1.54) is 36.8 Å². The van der Waals surface area contributed by atoms with Crippen molar-refractivity contribution < 1.29 is 34.1 Å². The molecule has 4 aromatic rings. The van der Waals surface area contributed by atoms with E-state index in [-0.39, 0.29) is 34.1 Å². The Morgan fingerprint density at radius 2 is 1.07 bits per heavy atom. The first kappa shape index (κ1) is 26.4. The number of hydrogen-bond acceptors (Lipinski definition) is 0. The van der Waals surface area contributed by atoms with Crippen LogP contribution in [0.2, 0.25) is 0 Å². The fourth-order valence-corrected chi connectivity index (χ4v) is 3.01. The van der Waals surface area contributed by atoms with Crippen molar-refractivity contribution in [2.75, 3.05) is 0 Å². The minimum absolute atomic E-state index is 0. The topological polar surface area (TPSA) is 0 Å².